The van der Waals surface area contributed by atoms with Gasteiger partial charge in [0.1, 0.15) is 5.82 Å². The van der Waals surface area contributed by atoms with Crippen LogP contribution in [0.15, 0.2) is 23.1 Å². The first kappa shape index (κ1) is 12.3. The van der Waals surface area contributed by atoms with E-state index < -0.39 is 15.8 Å². The molecule has 2 fully saturated rings. The van der Waals surface area contributed by atoms with Crippen LogP contribution in [0.4, 0.5) is 4.39 Å². The van der Waals surface area contributed by atoms with E-state index in [1.165, 1.54) is 6.07 Å². The number of sulfonamides is 1. The highest BCUT2D eigenvalue weighted by atomic mass is 35.5. The van der Waals surface area contributed by atoms with E-state index in [2.05, 4.69) is 10.0 Å². The molecule has 2 atom stereocenters. The van der Waals surface area contributed by atoms with Gasteiger partial charge < -0.3 is 5.32 Å². The SMILES string of the molecule is O=S(=O)(NC1C2CNCC21)c1ccc(F)c(Cl)c1. The Hall–Kier alpha value is -0.690. The summed E-state index contributed by atoms with van der Waals surface area (Å²) in [4.78, 5) is 0.00633. The molecule has 18 heavy (non-hydrogen) atoms. The Balaban J connectivity index is 1.79. The summed E-state index contributed by atoms with van der Waals surface area (Å²) in [5, 5.41) is 3.00. The molecule has 1 saturated carbocycles. The van der Waals surface area contributed by atoms with Gasteiger partial charge in [0, 0.05) is 6.04 Å². The Morgan fingerprint density at radius 2 is 2.00 bits per heavy atom. The molecule has 2 N–H and O–H groups in total. The number of halogens is 2. The van der Waals surface area contributed by atoms with Crippen LogP contribution in [-0.4, -0.2) is 27.5 Å². The van der Waals surface area contributed by atoms with E-state index >= 15 is 0 Å². The number of fused-ring (bicyclic) bond motifs is 1. The summed E-state index contributed by atoms with van der Waals surface area (Å²) < 4.78 is 39.8. The molecule has 7 heteroatoms. The van der Waals surface area contributed by atoms with E-state index in [4.69, 9.17) is 11.6 Å². The number of hydrogen-bond acceptors (Lipinski definition) is 3. The molecule has 0 radical (unpaired) electrons. The van der Waals surface area contributed by atoms with Crippen molar-refractivity contribution in [1.29, 1.82) is 0 Å². The molecule has 1 heterocycles. The first-order valence-corrected chi connectivity index (χ1v) is 7.53. The molecule has 4 nitrogen and oxygen atoms in total. The zero-order valence-corrected chi connectivity index (χ0v) is 10.9. The Kier molecular flexibility index (Phi) is 2.85. The molecule has 2 aliphatic rings. The highest BCUT2D eigenvalue weighted by molar-refractivity contribution is 7.89. The van der Waals surface area contributed by atoms with Gasteiger partial charge in [-0.2, -0.15) is 0 Å². The average molecular weight is 291 g/mol. The first-order chi connectivity index (χ1) is 8.49. The van der Waals surface area contributed by atoms with Crippen LogP contribution < -0.4 is 10.0 Å². The zero-order valence-electron chi connectivity index (χ0n) is 9.36. The van der Waals surface area contributed by atoms with Crippen molar-refractivity contribution < 1.29 is 12.8 Å². The van der Waals surface area contributed by atoms with Gasteiger partial charge in [0.2, 0.25) is 10.0 Å². The van der Waals surface area contributed by atoms with Crippen LogP contribution >= 0.6 is 11.6 Å². The van der Waals surface area contributed by atoms with Gasteiger partial charge >= 0.3 is 0 Å². The highest BCUT2D eigenvalue weighted by Crippen LogP contribution is 2.42. The molecule has 0 amide bonds. The maximum Gasteiger partial charge on any atom is 0.240 e. The number of benzene rings is 1. The summed E-state index contributed by atoms with van der Waals surface area (Å²) >= 11 is 5.59. The maximum absolute atomic E-state index is 13.0. The lowest BCUT2D eigenvalue weighted by molar-refractivity contribution is 0.564. The fourth-order valence-electron chi connectivity index (χ4n) is 2.48. The predicted octanol–water partition coefficient (Wildman–Crippen LogP) is 0.975. The second kappa shape index (κ2) is 4.16. The number of rotatable bonds is 3. The van der Waals surface area contributed by atoms with Crippen LogP contribution in [0.5, 0.6) is 0 Å². The van der Waals surface area contributed by atoms with Crippen molar-refractivity contribution in [3.63, 3.8) is 0 Å². The molecule has 98 valence electrons. The molecule has 0 aromatic heterocycles. The molecule has 2 unspecified atom stereocenters. The van der Waals surface area contributed by atoms with Crippen LogP contribution in [0, 0.1) is 17.7 Å². The van der Waals surface area contributed by atoms with Crippen LogP contribution in [0.2, 0.25) is 5.02 Å². The van der Waals surface area contributed by atoms with Gasteiger partial charge in [0.15, 0.2) is 0 Å². The lowest BCUT2D eigenvalue weighted by Crippen LogP contribution is -2.32. The molecular formula is C11H12ClFN2O2S. The Labute approximate surface area is 110 Å². The maximum atomic E-state index is 13.0. The Morgan fingerprint density at radius 3 is 2.61 bits per heavy atom. The van der Waals surface area contributed by atoms with Gasteiger partial charge in [-0.3, -0.25) is 0 Å². The fraction of sp³-hybridized carbons (Fsp3) is 0.455. The number of nitrogens with one attached hydrogen (secondary N) is 2. The molecule has 0 spiro atoms. The summed E-state index contributed by atoms with van der Waals surface area (Å²) in [7, 11) is -3.61. The van der Waals surface area contributed by atoms with Gasteiger partial charge in [-0.25, -0.2) is 17.5 Å². The van der Waals surface area contributed by atoms with Crippen LogP contribution in [0.3, 0.4) is 0 Å². The van der Waals surface area contributed by atoms with E-state index in [9.17, 15) is 12.8 Å². The minimum absolute atomic E-state index is 0.0000728. The lowest BCUT2D eigenvalue weighted by atomic mass is 10.3. The molecule has 3 rings (SSSR count). The second-order valence-corrected chi connectivity index (χ2v) is 6.83. The van der Waals surface area contributed by atoms with E-state index in [-0.39, 0.29) is 16.0 Å². The third-order valence-electron chi connectivity index (χ3n) is 3.58. The second-order valence-electron chi connectivity index (χ2n) is 4.71. The summed E-state index contributed by atoms with van der Waals surface area (Å²) in [5.74, 6) is 0.148. The zero-order chi connectivity index (χ0) is 12.9. The van der Waals surface area contributed by atoms with Crippen LogP contribution in [-0.2, 0) is 10.0 Å². The minimum atomic E-state index is -3.61. The Bertz CT molecular complexity index is 583. The van der Waals surface area contributed by atoms with E-state index in [1.807, 2.05) is 0 Å². The Morgan fingerprint density at radius 1 is 1.33 bits per heavy atom. The van der Waals surface area contributed by atoms with E-state index in [1.54, 1.807) is 0 Å². The normalized spacial score (nSPS) is 30.2. The quantitative estimate of drug-likeness (QED) is 0.872. The third-order valence-corrected chi connectivity index (χ3v) is 5.33. The van der Waals surface area contributed by atoms with Crippen molar-refractivity contribution in [1.82, 2.24) is 10.0 Å². The van der Waals surface area contributed by atoms with E-state index in [0.29, 0.717) is 11.8 Å². The average Bonchev–Trinajstić information content (AvgIpc) is 2.77. The summed E-state index contributed by atoms with van der Waals surface area (Å²) in [6, 6.07) is 3.42. The first-order valence-electron chi connectivity index (χ1n) is 5.67. The van der Waals surface area contributed by atoms with Gasteiger partial charge in [0.05, 0.1) is 9.92 Å². The van der Waals surface area contributed by atoms with Crippen LogP contribution in [0.1, 0.15) is 0 Å². The van der Waals surface area contributed by atoms with Crippen molar-refractivity contribution >= 4 is 21.6 Å². The van der Waals surface area contributed by atoms with Crippen molar-refractivity contribution in [3.05, 3.63) is 29.0 Å². The van der Waals surface area contributed by atoms with Crippen molar-refractivity contribution in [3.8, 4) is 0 Å². The topological polar surface area (TPSA) is 58.2 Å². The van der Waals surface area contributed by atoms with Gasteiger partial charge in [-0.1, -0.05) is 11.6 Å². The van der Waals surface area contributed by atoms with Gasteiger partial charge in [-0.15, -0.1) is 0 Å². The lowest BCUT2D eigenvalue weighted by Gasteiger charge is -2.09. The van der Waals surface area contributed by atoms with E-state index in [0.717, 1.165) is 25.2 Å². The smallest absolute Gasteiger partial charge is 0.240 e. The molecule has 0 bridgehead atoms. The molecule has 1 aromatic rings. The van der Waals surface area contributed by atoms with Crippen molar-refractivity contribution in [2.45, 2.75) is 10.9 Å². The highest BCUT2D eigenvalue weighted by Gasteiger charge is 2.54. The summed E-state index contributed by atoms with van der Waals surface area (Å²) in [5.41, 5.74) is 0. The largest absolute Gasteiger partial charge is 0.316 e. The molecule has 1 aliphatic carbocycles. The minimum Gasteiger partial charge on any atom is -0.316 e. The monoisotopic (exact) mass is 290 g/mol. The van der Waals surface area contributed by atoms with Gasteiger partial charge in [-0.05, 0) is 43.1 Å². The fourth-order valence-corrected chi connectivity index (χ4v) is 4.09. The summed E-state index contributed by atoms with van der Waals surface area (Å²) in [6.07, 6.45) is 0. The number of piperidine rings is 1. The predicted molar refractivity (Wildman–Crippen MR) is 65.4 cm³/mol. The summed E-state index contributed by atoms with van der Waals surface area (Å²) in [6.45, 7) is 1.70. The van der Waals surface area contributed by atoms with Crippen LogP contribution in [0.25, 0.3) is 0 Å². The molecule has 1 saturated heterocycles. The third kappa shape index (κ3) is 2.03. The molecule has 1 aromatic carbocycles. The van der Waals surface area contributed by atoms with Crippen molar-refractivity contribution in [2.75, 3.05) is 13.1 Å². The van der Waals surface area contributed by atoms with Gasteiger partial charge in [0.25, 0.3) is 0 Å². The van der Waals surface area contributed by atoms with Crippen molar-refractivity contribution in [2.24, 2.45) is 11.8 Å². The molecular weight excluding hydrogens is 279 g/mol. The standard InChI is InChI=1S/C11H12ClFN2O2S/c12-9-3-6(1-2-10(9)13)18(16,17)15-11-7-4-14-5-8(7)11/h1-3,7-8,11,14-15H,4-5H2. The molecule has 1 aliphatic heterocycles. The number of hydrogen-bond donors (Lipinski definition) is 2.